The summed E-state index contributed by atoms with van der Waals surface area (Å²) in [4.78, 5) is 12.8. The van der Waals surface area contributed by atoms with Crippen molar-refractivity contribution in [2.24, 2.45) is 5.73 Å². The van der Waals surface area contributed by atoms with Gasteiger partial charge in [0.05, 0.1) is 12.3 Å². The lowest BCUT2D eigenvalue weighted by Gasteiger charge is -2.04. The summed E-state index contributed by atoms with van der Waals surface area (Å²) in [6.45, 7) is 0.827. The van der Waals surface area contributed by atoms with E-state index in [1.165, 1.54) is 16.7 Å². The molecule has 21 heavy (non-hydrogen) atoms. The molecule has 1 amide bonds. The fraction of sp³-hybridized carbons (Fsp3) is 0.308. The Labute approximate surface area is 131 Å². The zero-order valence-corrected chi connectivity index (χ0v) is 13.0. The molecule has 3 N–H and O–H groups in total. The van der Waals surface area contributed by atoms with Gasteiger partial charge in [-0.05, 0) is 12.1 Å². The molecule has 0 bridgehead atoms. The van der Waals surface area contributed by atoms with E-state index < -0.39 is 0 Å². The lowest BCUT2D eigenvalue weighted by atomic mass is 10.4. The van der Waals surface area contributed by atoms with Crippen LogP contribution in [0.3, 0.4) is 0 Å². The summed E-state index contributed by atoms with van der Waals surface area (Å²) in [6.07, 6.45) is 0. The molecule has 1 heterocycles. The average Bonchev–Trinajstić information content (AvgIpc) is 2.99. The van der Waals surface area contributed by atoms with Crippen molar-refractivity contribution in [3.05, 3.63) is 36.2 Å². The molecular weight excluding hydrogens is 308 g/mol. The van der Waals surface area contributed by atoms with E-state index in [0.717, 1.165) is 5.75 Å². The van der Waals surface area contributed by atoms with Gasteiger partial charge in [0.25, 0.3) is 5.22 Å². The van der Waals surface area contributed by atoms with E-state index in [4.69, 9.17) is 10.2 Å². The van der Waals surface area contributed by atoms with Crippen LogP contribution in [0.2, 0.25) is 0 Å². The second-order valence-corrected chi connectivity index (χ2v) is 6.06. The third kappa shape index (κ3) is 5.78. The minimum atomic E-state index is -0.0545. The van der Waals surface area contributed by atoms with Gasteiger partial charge < -0.3 is 15.5 Å². The molecule has 2 aromatic rings. The summed E-state index contributed by atoms with van der Waals surface area (Å²) in [7, 11) is 0. The number of carbonyl (C=O) groups excluding carboxylic acids is 1. The minimum absolute atomic E-state index is 0.0545. The van der Waals surface area contributed by atoms with E-state index in [1.54, 1.807) is 11.8 Å². The molecule has 0 aliphatic carbocycles. The predicted octanol–water partition coefficient (Wildman–Crippen LogP) is 1.53. The van der Waals surface area contributed by atoms with Crippen molar-refractivity contribution < 1.29 is 9.21 Å². The summed E-state index contributed by atoms with van der Waals surface area (Å²) in [5.41, 5.74) is 5.36. The Morgan fingerprint density at radius 2 is 2.05 bits per heavy atom. The van der Waals surface area contributed by atoms with Crippen LogP contribution in [0.4, 0.5) is 0 Å². The van der Waals surface area contributed by atoms with E-state index in [9.17, 15) is 4.79 Å². The number of rotatable bonds is 8. The van der Waals surface area contributed by atoms with Crippen molar-refractivity contribution in [2.45, 2.75) is 16.7 Å². The quantitative estimate of drug-likeness (QED) is 0.561. The molecule has 0 unspecified atom stereocenters. The Kier molecular flexibility index (Phi) is 6.58. The van der Waals surface area contributed by atoms with Gasteiger partial charge in [0, 0.05) is 17.2 Å². The van der Waals surface area contributed by atoms with E-state index in [2.05, 4.69) is 15.5 Å². The monoisotopic (exact) mass is 324 g/mol. The topological polar surface area (TPSA) is 94.0 Å². The van der Waals surface area contributed by atoms with E-state index in [1.807, 2.05) is 30.3 Å². The highest BCUT2D eigenvalue weighted by molar-refractivity contribution is 7.99. The third-order valence-corrected chi connectivity index (χ3v) is 4.22. The van der Waals surface area contributed by atoms with Crippen molar-refractivity contribution >= 4 is 29.4 Å². The second kappa shape index (κ2) is 8.71. The van der Waals surface area contributed by atoms with Crippen LogP contribution in [0.15, 0.2) is 44.9 Å². The number of carbonyl (C=O) groups is 1. The van der Waals surface area contributed by atoms with Gasteiger partial charge in [-0.2, -0.15) is 0 Å². The molecule has 6 nitrogen and oxygen atoms in total. The minimum Gasteiger partial charge on any atom is -0.415 e. The SMILES string of the molecule is NCc1nnc(SCC(=O)NCCSc2ccccc2)o1. The van der Waals surface area contributed by atoms with Crippen LogP contribution in [0.5, 0.6) is 0 Å². The Morgan fingerprint density at radius 1 is 1.24 bits per heavy atom. The Hall–Kier alpha value is -1.51. The first-order valence-electron chi connectivity index (χ1n) is 6.37. The number of hydrogen-bond donors (Lipinski definition) is 2. The van der Waals surface area contributed by atoms with Crippen LogP contribution < -0.4 is 11.1 Å². The van der Waals surface area contributed by atoms with Crippen molar-refractivity contribution in [3.8, 4) is 0 Å². The van der Waals surface area contributed by atoms with Crippen molar-refractivity contribution in [1.82, 2.24) is 15.5 Å². The molecule has 8 heteroatoms. The van der Waals surface area contributed by atoms with Crippen LogP contribution in [-0.2, 0) is 11.3 Å². The number of amides is 1. The largest absolute Gasteiger partial charge is 0.415 e. The number of nitrogens with one attached hydrogen (secondary N) is 1. The number of thioether (sulfide) groups is 2. The lowest BCUT2D eigenvalue weighted by molar-refractivity contribution is -0.118. The fourth-order valence-electron chi connectivity index (χ4n) is 1.43. The van der Waals surface area contributed by atoms with Gasteiger partial charge in [0.1, 0.15) is 0 Å². The molecule has 0 atom stereocenters. The standard InChI is InChI=1S/C13H16N4O2S2/c14-8-12-16-17-13(19-12)21-9-11(18)15-6-7-20-10-4-2-1-3-5-10/h1-5H,6-9,14H2,(H,15,18). The van der Waals surface area contributed by atoms with Crippen molar-refractivity contribution in [3.63, 3.8) is 0 Å². The number of aromatic nitrogens is 2. The number of benzene rings is 1. The molecule has 0 radical (unpaired) electrons. The Bertz CT molecular complexity index is 562. The second-order valence-electron chi connectivity index (χ2n) is 3.97. The molecular formula is C13H16N4O2S2. The first-order valence-corrected chi connectivity index (χ1v) is 8.35. The van der Waals surface area contributed by atoms with Crippen LogP contribution in [0, 0.1) is 0 Å². The lowest BCUT2D eigenvalue weighted by Crippen LogP contribution is -2.27. The van der Waals surface area contributed by atoms with Gasteiger partial charge in [0.2, 0.25) is 11.8 Å². The first kappa shape index (κ1) is 15.9. The molecule has 112 valence electrons. The van der Waals surface area contributed by atoms with Gasteiger partial charge in [-0.1, -0.05) is 30.0 Å². The molecule has 0 saturated heterocycles. The summed E-state index contributed by atoms with van der Waals surface area (Å²) in [5.74, 6) is 1.40. The maximum absolute atomic E-state index is 11.6. The normalized spacial score (nSPS) is 10.5. The summed E-state index contributed by atoms with van der Waals surface area (Å²) in [6, 6.07) is 10.1. The summed E-state index contributed by atoms with van der Waals surface area (Å²) < 4.78 is 5.20. The van der Waals surface area contributed by atoms with E-state index in [0.29, 0.717) is 17.7 Å². The highest BCUT2D eigenvalue weighted by Crippen LogP contribution is 2.16. The smallest absolute Gasteiger partial charge is 0.277 e. The number of hydrogen-bond acceptors (Lipinski definition) is 7. The third-order valence-electron chi connectivity index (χ3n) is 2.39. The maximum atomic E-state index is 11.6. The molecule has 1 aromatic heterocycles. The highest BCUT2D eigenvalue weighted by atomic mass is 32.2. The number of nitrogens with zero attached hydrogens (tertiary/aromatic N) is 2. The molecule has 0 spiro atoms. The van der Waals surface area contributed by atoms with Crippen molar-refractivity contribution in [2.75, 3.05) is 18.1 Å². The molecule has 0 fully saturated rings. The average molecular weight is 324 g/mol. The molecule has 2 rings (SSSR count). The molecule has 0 aliphatic heterocycles. The zero-order valence-electron chi connectivity index (χ0n) is 11.3. The van der Waals surface area contributed by atoms with Gasteiger partial charge in [-0.3, -0.25) is 4.79 Å². The Morgan fingerprint density at radius 3 is 2.76 bits per heavy atom. The van der Waals surface area contributed by atoms with E-state index >= 15 is 0 Å². The summed E-state index contributed by atoms with van der Waals surface area (Å²) in [5, 5.41) is 10.7. The van der Waals surface area contributed by atoms with Crippen LogP contribution in [-0.4, -0.2) is 34.2 Å². The van der Waals surface area contributed by atoms with Gasteiger partial charge in [0.15, 0.2) is 0 Å². The van der Waals surface area contributed by atoms with Crippen LogP contribution >= 0.6 is 23.5 Å². The van der Waals surface area contributed by atoms with Gasteiger partial charge in [-0.15, -0.1) is 22.0 Å². The Balaban J connectivity index is 1.59. The number of nitrogens with two attached hydrogens (primary N) is 1. The molecule has 0 saturated carbocycles. The summed E-state index contributed by atoms with van der Waals surface area (Å²) >= 11 is 2.91. The molecule has 1 aromatic carbocycles. The predicted molar refractivity (Wildman–Crippen MR) is 83.1 cm³/mol. The van der Waals surface area contributed by atoms with Crippen LogP contribution in [0.25, 0.3) is 0 Å². The van der Waals surface area contributed by atoms with Gasteiger partial charge >= 0.3 is 0 Å². The maximum Gasteiger partial charge on any atom is 0.277 e. The van der Waals surface area contributed by atoms with Crippen LogP contribution in [0.1, 0.15) is 5.89 Å². The van der Waals surface area contributed by atoms with E-state index in [-0.39, 0.29) is 18.2 Å². The highest BCUT2D eigenvalue weighted by Gasteiger charge is 2.08. The molecule has 0 aliphatic rings. The first-order chi connectivity index (χ1) is 10.3. The van der Waals surface area contributed by atoms with Crippen molar-refractivity contribution in [1.29, 1.82) is 0 Å². The zero-order chi connectivity index (χ0) is 14.9. The van der Waals surface area contributed by atoms with Gasteiger partial charge in [-0.25, -0.2) is 0 Å². The fourth-order valence-corrected chi connectivity index (χ4v) is 2.83.